The number of hydrogen-bond acceptors (Lipinski definition) is 6. The maximum atomic E-state index is 13.6. The van der Waals surface area contributed by atoms with Crippen LogP contribution in [0.2, 0.25) is 0 Å². The molecule has 2 amide bonds. The van der Waals surface area contributed by atoms with Crippen LogP contribution in [0.25, 0.3) is 0 Å². The second kappa shape index (κ2) is 10.1. The van der Waals surface area contributed by atoms with E-state index in [1.165, 1.54) is 29.2 Å². The van der Waals surface area contributed by atoms with Gasteiger partial charge < -0.3 is 19.8 Å². The lowest BCUT2D eigenvalue weighted by Gasteiger charge is -2.24. The van der Waals surface area contributed by atoms with E-state index in [1.807, 2.05) is 13.8 Å². The number of rotatable bonds is 7. The molecule has 0 aliphatic carbocycles. The minimum Gasteiger partial charge on any atom is -0.508 e. The van der Waals surface area contributed by atoms with Crippen LogP contribution in [0.3, 0.4) is 0 Å². The Balaban J connectivity index is 2.02. The molecule has 8 heteroatoms. The van der Waals surface area contributed by atoms with Gasteiger partial charge in [0.25, 0.3) is 11.8 Å². The van der Waals surface area contributed by atoms with Crippen molar-refractivity contribution < 1.29 is 29.7 Å². The fraction of sp³-hybridized carbons (Fsp3) is 0.200. The molecular formula is C25H26N2O6. The zero-order valence-electron chi connectivity index (χ0n) is 18.6. The van der Waals surface area contributed by atoms with Crippen LogP contribution >= 0.6 is 0 Å². The molecule has 0 aliphatic heterocycles. The summed E-state index contributed by atoms with van der Waals surface area (Å²) in [4.78, 5) is 26.7. The monoisotopic (exact) mass is 450 g/mol. The highest BCUT2D eigenvalue weighted by Crippen LogP contribution is 2.34. The molecule has 0 atom stereocenters. The number of aromatic hydroxyl groups is 2. The first-order valence-electron chi connectivity index (χ1n) is 10.3. The molecule has 0 spiro atoms. The number of ether oxygens (including phenoxy) is 1. The Hall–Kier alpha value is -4.04. The molecule has 0 bridgehead atoms. The summed E-state index contributed by atoms with van der Waals surface area (Å²) in [6.45, 7) is 3.90. The highest BCUT2D eigenvalue weighted by Gasteiger charge is 2.24. The van der Waals surface area contributed by atoms with Crippen LogP contribution in [0.15, 0.2) is 60.7 Å². The second-order valence-corrected chi connectivity index (χ2v) is 7.81. The highest BCUT2D eigenvalue weighted by atomic mass is 16.5. The van der Waals surface area contributed by atoms with Crippen LogP contribution in [0, 0.1) is 0 Å². The van der Waals surface area contributed by atoms with Crippen LogP contribution in [0.4, 0.5) is 5.69 Å². The van der Waals surface area contributed by atoms with E-state index < -0.39 is 11.8 Å². The average Bonchev–Trinajstić information content (AvgIpc) is 2.82. The Bertz CT molecular complexity index is 1140. The molecule has 4 N–H and O–H groups in total. The van der Waals surface area contributed by atoms with E-state index in [4.69, 9.17) is 9.94 Å². The summed E-state index contributed by atoms with van der Waals surface area (Å²) in [7, 11) is 1.55. The highest BCUT2D eigenvalue weighted by molar-refractivity contribution is 6.08. The minimum absolute atomic E-state index is 0.0585. The van der Waals surface area contributed by atoms with Crippen LogP contribution in [-0.4, -0.2) is 34.3 Å². The van der Waals surface area contributed by atoms with Crippen LogP contribution in [-0.2, 0) is 6.54 Å². The van der Waals surface area contributed by atoms with Crippen molar-refractivity contribution >= 4 is 17.5 Å². The fourth-order valence-corrected chi connectivity index (χ4v) is 3.42. The summed E-state index contributed by atoms with van der Waals surface area (Å²) >= 11 is 0. The van der Waals surface area contributed by atoms with Gasteiger partial charge in [-0.1, -0.05) is 26.0 Å². The Morgan fingerprint density at radius 3 is 2.15 bits per heavy atom. The van der Waals surface area contributed by atoms with Crippen molar-refractivity contribution in [1.82, 2.24) is 5.48 Å². The molecule has 3 aromatic rings. The van der Waals surface area contributed by atoms with Crippen LogP contribution < -0.4 is 15.1 Å². The van der Waals surface area contributed by atoms with Crippen molar-refractivity contribution in [2.45, 2.75) is 26.3 Å². The zero-order chi connectivity index (χ0) is 24.1. The molecule has 0 aliphatic rings. The van der Waals surface area contributed by atoms with Gasteiger partial charge >= 0.3 is 0 Å². The van der Waals surface area contributed by atoms with Crippen molar-refractivity contribution in [1.29, 1.82) is 0 Å². The van der Waals surface area contributed by atoms with E-state index >= 15 is 0 Å². The molecule has 8 nitrogen and oxygen atoms in total. The zero-order valence-corrected chi connectivity index (χ0v) is 18.6. The smallest absolute Gasteiger partial charge is 0.274 e. The van der Waals surface area contributed by atoms with Gasteiger partial charge in [-0.3, -0.25) is 14.8 Å². The summed E-state index contributed by atoms with van der Waals surface area (Å²) in [6.07, 6.45) is 0. The minimum atomic E-state index is -0.639. The van der Waals surface area contributed by atoms with Crippen molar-refractivity contribution in [3.05, 3.63) is 82.9 Å². The van der Waals surface area contributed by atoms with Gasteiger partial charge in [-0.15, -0.1) is 0 Å². The van der Waals surface area contributed by atoms with E-state index in [9.17, 15) is 19.8 Å². The Morgan fingerprint density at radius 1 is 0.970 bits per heavy atom. The maximum Gasteiger partial charge on any atom is 0.274 e. The predicted molar refractivity (Wildman–Crippen MR) is 123 cm³/mol. The summed E-state index contributed by atoms with van der Waals surface area (Å²) in [5.74, 6) is -0.934. The molecule has 0 unspecified atom stereocenters. The number of hydrogen-bond donors (Lipinski definition) is 4. The number of amides is 2. The van der Waals surface area contributed by atoms with Gasteiger partial charge in [-0.25, -0.2) is 5.48 Å². The van der Waals surface area contributed by atoms with Crippen molar-refractivity contribution in [3.8, 4) is 17.2 Å². The number of phenols is 2. The SMILES string of the molecule is COc1ccc(N(Cc2ccc(C(=O)NO)cc2)C(=O)c2cc(C(C)C)c(O)cc2O)cc1. The molecule has 0 saturated heterocycles. The van der Waals surface area contributed by atoms with Crippen molar-refractivity contribution in [2.24, 2.45) is 0 Å². The molecular weight excluding hydrogens is 424 g/mol. The second-order valence-electron chi connectivity index (χ2n) is 7.81. The number of carbonyl (C=O) groups excluding carboxylic acids is 2. The number of anilines is 1. The molecule has 0 fully saturated rings. The first-order chi connectivity index (χ1) is 15.7. The summed E-state index contributed by atoms with van der Waals surface area (Å²) in [5.41, 5.74) is 3.73. The van der Waals surface area contributed by atoms with Gasteiger partial charge in [0.15, 0.2) is 0 Å². The van der Waals surface area contributed by atoms with Crippen LogP contribution in [0.5, 0.6) is 17.2 Å². The van der Waals surface area contributed by atoms with E-state index in [-0.39, 0.29) is 35.1 Å². The lowest BCUT2D eigenvalue weighted by molar-refractivity contribution is 0.0706. The van der Waals surface area contributed by atoms with Gasteiger partial charge in [0.05, 0.1) is 19.2 Å². The van der Waals surface area contributed by atoms with E-state index in [0.717, 1.165) is 5.56 Å². The summed E-state index contributed by atoms with van der Waals surface area (Å²) in [6, 6.07) is 16.0. The number of benzene rings is 3. The van der Waals surface area contributed by atoms with Gasteiger partial charge in [-0.2, -0.15) is 0 Å². The number of phenolic OH excluding ortho intramolecular Hbond substituents is 2. The molecule has 3 aromatic carbocycles. The molecule has 0 saturated carbocycles. The Kier molecular flexibility index (Phi) is 7.20. The van der Waals surface area contributed by atoms with Crippen LogP contribution in [0.1, 0.15) is 51.6 Å². The number of hydroxylamine groups is 1. The van der Waals surface area contributed by atoms with Gasteiger partial charge in [0.2, 0.25) is 0 Å². The van der Waals surface area contributed by atoms with E-state index in [0.29, 0.717) is 17.0 Å². The summed E-state index contributed by atoms with van der Waals surface area (Å²) < 4.78 is 5.20. The molecule has 33 heavy (non-hydrogen) atoms. The first kappa shape index (κ1) is 23.6. The van der Waals surface area contributed by atoms with E-state index in [2.05, 4.69) is 0 Å². The number of carbonyl (C=O) groups is 2. The van der Waals surface area contributed by atoms with Crippen molar-refractivity contribution in [3.63, 3.8) is 0 Å². The topological polar surface area (TPSA) is 119 Å². The Morgan fingerprint density at radius 2 is 1.61 bits per heavy atom. The largest absolute Gasteiger partial charge is 0.508 e. The predicted octanol–water partition coefficient (Wildman–Crippen LogP) is 4.20. The fourth-order valence-electron chi connectivity index (χ4n) is 3.42. The van der Waals surface area contributed by atoms with E-state index in [1.54, 1.807) is 49.0 Å². The third-order valence-electron chi connectivity index (χ3n) is 5.29. The lowest BCUT2D eigenvalue weighted by Crippen LogP contribution is -2.30. The molecule has 0 heterocycles. The van der Waals surface area contributed by atoms with Gasteiger partial charge in [0.1, 0.15) is 17.2 Å². The molecule has 172 valence electrons. The van der Waals surface area contributed by atoms with Gasteiger partial charge in [-0.05, 0) is 59.5 Å². The average molecular weight is 450 g/mol. The maximum absolute atomic E-state index is 13.6. The van der Waals surface area contributed by atoms with Gasteiger partial charge in [0, 0.05) is 17.3 Å². The standard InChI is InChI=1S/C25H26N2O6/c1-15(2)20-12-21(23(29)13-22(20)28)25(31)27(18-8-10-19(33-3)11-9-18)14-16-4-6-17(7-5-16)24(30)26-32/h4-13,15,28-29,32H,14H2,1-3H3,(H,26,30). The number of nitrogens with zero attached hydrogens (tertiary/aromatic N) is 1. The normalized spacial score (nSPS) is 10.7. The first-order valence-corrected chi connectivity index (χ1v) is 10.3. The Labute approximate surface area is 191 Å². The molecule has 0 radical (unpaired) electrons. The number of methoxy groups -OCH3 is 1. The summed E-state index contributed by atoms with van der Waals surface area (Å²) in [5, 5.41) is 29.4. The molecule has 3 rings (SSSR count). The number of nitrogens with one attached hydrogen (secondary N) is 1. The third kappa shape index (κ3) is 5.24. The quantitative estimate of drug-likeness (QED) is 0.316. The van der Waals surface area contributed by atoms with Crippen molar-refractivity contribution in [2.75, 3.05) is 12.0 Å². The lowest BCUT2D eigenvalue weighted by atomic mass is 9.98. The molecule has 0 aromatic heterocycles. The third-order valence-corrected chi connectivity index (χ3v) is 5.29.